The van der Waals surface area contributed by atoms with Crippen molar-refractivity contribution < 1.29 is 0 Å². The molecule has 1 aliphatic heterocycles. The Morgan fingerprint density at radius 1 is 0.696 bits per heavy atom. The van der Waals surface area contributed by atoms with E-state index in [9.17, 15) is 0 Å². The lowest BCUT2D eigenvalue weighted by Crippen LogP contribution is -2.45. The van der Waals surface area contributed by atoms with Crippen molar-refractivity contribution in [3.63, 3.8) is 0 Å². The number of anilines is 1. The Labute approximate surface area is 156 Å². The summed E-state index contributed by atoms with van der Waals surface area (Å²) >= 11 is 24.1. The molecule has 2 nitrogen and oxygen atoms in total. The van der Waals surface area contributed by atoms with E-state index in [2.05, 4.69) is 9.80 Å². The summed E-state index contributed by atoms with van der Waals surface area (Å²) in [6, 6.07) is 11.6. The minimum Gasteiger partial charge on any atom is -0.369 e. The average molecular weight is 390 g/mol. The molecular formula is C17H16Cl4N2. The molecule has 6 heteroatoms. The second-order valence-corrected chi connectivity index (χ2v) is 7.24. The number of halogens is 4. The molecule has 23 heavy (non-hydrogen) atoms. The molecule has 0 amide bonds. The molecule has 0 atom stereocenters. The molecule has 0 aromatic heterocycles. The molecule has 0 bridgehead atoms. The van der Waals surface area contributed by atoms with Gasteiger partial charge in [-0.3, -0.25) is 4.90 Å². The monoisotopic (exact) mass is 388 g/mol. The van der Waals surface area contributed by atoms with Crippen molar-refractivity contribution in [2.24, 2.45) is 0 Å². The third kappa shape index (κ3) is 4.26. The van der Waals surface area contributed by atoms with Crippen LogP contribution in [0, 0.1) is 0 Å². The number of hydrogen-bond acceptors (Lipinski definition) is 2. The first-order valence-electron chi connectivity index (χ1n) is 7.39. The van der Waals surface area contributed by atoms with Gasteiger partial charge in [-0.1, -0.05) is 52.5 Å². The van der Waals surface area contributed by atoms with Gasteiger partial charge in [-0.2, -0.15) is 0 Å². The first-order valence-corrected chi connectivity index (χ1v) is 8.90. The van der Waals surface area contributed by atoms with Crippen LogP contribution < -0.4 is 4.90 Å². The number of piperazine rings is 1. The van der Waals surface area contributed by atoms with Gasteiger partial charge in [0.1, 0.15) is 0 Å². The second kappa shape index (κ2) is 7.50. The van der Waals surface area contributed by atoms with E-state index in [0.29, 0.717) is 20.1 Å². The lowest BCUT2D eigenvalue weighted by molar-refractivity contribution is 0.250. The fourth-order valence-electron chi connectivity index (χ4n) is 2.74. The van der Waals surface area contributed by atoms with Crippen LogP contribution in [0.2, 0.25) is 20.1 Å². The third-order valence-electron chi connectivity index (χ3n) is 4.03. The first kappa shape index (κ1) is 17.2. The topological polar surface area (TPSA) is 6.48 Å². The predicted molar refractivity (Wildman–Crippen MR) is 100 cm³/mol. The summed E-state index contributed by atoms with van der Waals surface area (Å²) in [6.07, 6.45) is 0. The van der Waals surface area contributed by atoms with E-state index < -0.39 is 0 Å². The van der Waals surface area contributed by atoms with Gasteiger partial charge in [0.2, 0.25) is 0 Å². The Balaban J connectivity index is 1.59. The van der Waals surface area contributed by atoms with Crippen LogP contribution in [0.3, 0.4) is 0 Å². The van der Waals surface area contributed by atoms with Crippen LogP contribution in [0.15, 0.2) is 36.4 Å². The van der Waals surface area contributed by atoms with Gasteiger partial charge in [-0.15, -0.1) is 0 Å². The molecule has 1 fully saturated rings. The van der Waals surface area contributed by atoms with E-state index >= 15 is 0 Å². The number of hydrogen-bond donors (Lipinski definition) is 0. The Bertz CT molecular complexity index is 697. The summed E-state index contributed by atoms with van der Waals surface area (Å²) in [4.78, 5) is 4.74. The minimum atomic E-state index is 0.591. The van der Waals surface area contributed by atoms with E-state index in [1.54, 1.807) is 0 Å². The normalized spacial score (nSPS) is 15.9. The lowest BCUT2D eigenvalue weighted by atomic mass is 10.2. The van der Waals surface area contributed by atoms with E-state index in [1.165, 1.54) is 5.56 Å². The standard InChI is InChI=1S/C17H16Cl4N2/c18-14-3-1-12(9-16(14)20)11-22-5-7-23(8-6-22)13-2-4-15(19)17(21)10-13/h1-4,9-10H,5-8,11H2. The van der Waals surface area contributed by atoms with Gasteiger partial charge >= 0.3 is 0 Å². The zero-order valence-electron chi connectivity index (χ0n) is 12.4. The van der Waals surface area contributed by atoms with E-state index in [-0.39, 0.29) is 0 Å². The quantitative estimate of drug-likeness (QED) is 0.671. The molecule has 2 aromatic rings. The zero-order chi connectivity index (χ0) is 16.4. The summed E-state index contributed by atoms with van der Waals surface area (Å²) in [6.45, 7) is 4.77. The highest BCUT2D eigenvalue weighted by atomic mass is 35.5. The maximum atomic E-state index is 6.10. The van der Waals surface area contributed by atoms with Gasteiger partial charge in [0, 0.05) is 38.4 Å². The molecule has 1 aliphatic rings. The van der Waals surface area contributed by atoms with E-state index in [0.717, 1.165) is 38.4 Å². The Hall–Kier alpha value is -0.640. The first-order chi connectivity index (χ1) is 11.0. The summed E-state index contributed by atoms with van der Waals surface area (Å²) < 4.78 is 0. The van der Waals surface area contributed by atoms with E-state index in [4.69, 9.17) is 46.4 Å². The van der Waals surface area contributed by atoms with E-state index in [1.807, 2.05) is 36.4 Å². The molecule has 0 unspecified atom stereocenters. The lowest BCUT2D eigenvalue weighted by Gasteiger charge is -2.36. The summed E-state index contributed by atoms with van der Waals surface area (Å²) in [5, 5.41) is 2.40. The van der Waals surface area contributed by atoms with Crippen LogP contribution >= 0.6 is 46.4 Å². The van der Waals surface area contributed by atoms with Crippen LogP contribution in [0.1, 0.15) is 5.56 Å². The van der Waals surface area contributed by atoms with Crippen molar-refractivity contribution >= 4 is 52.1 Å². The van der Waals surface area contributed by atoms with Crippen molar-refractivity contribution in [1.82, 2.24) is 4.90 Å². The second-order valence-electron chi connectivity index (χ2n) is 5.61. The molecule has 122 valence electrons. The zero-order valence-corrected chi connectivity index (χ0v) is 15.4. The number of benzene rings is 2. The predicted octanol–water partition coefficient (Wildman–Crippen LogP) is 5.62. The molecule has 0 aliphatic carbocycles. The summed E-state index contributed by atoms with van der Waals surface area (Å²) in [5.41, 5.74) is 2.30. The molecular weight excluding hydrogens is 374 g/mol. The fraction of sp³-hybridized carbons (Fsp3) is 0.294. The fourth-order valence-corrected chi connectivity index (χ4v) is 3.36. The molecule has 0 saturated carbocycles. The van der Waals surface area contributed by atoms with Gasteiger partial charge in [-0.05, 0) is 35.9 Å². The van der Waals surface area contributed by atoms with Gasteiger partial charge in [0.25, 0.3) is 0 Å². The van der Waals surface area contributed by atoms with Crippen molar-refractivity contribution in [3.05, 3.63) is 62.1 Å². The molecule has 0 radical (unpaired) electrons. The highest BCUT2D eigenvalue weighted by molar-refractivity contribution is 6.42. The third-order valence-corrected chi connectivity index (χ3v) is 5.51. The van der Waals surface area contributed by atoms with Gasteiger partial charge in [0.15, 0.2) is 0 Å². The minimum absolute atomic E-state index is 0.591. The Morgan fingerprint density at radius 2 is 1.30 bits per heavy atom. The molecule has 1 heterocycles. The Kier molecular flexibility index (Phi) is 5.61. The molecule has 3 rings (SSSR count). The van der Waals surface area contributed by atoms with Crippen molar-refractivity contribution in [1.29, 1.82) is 0 Å². The van der Waals surface area contributed by atoms with Crippen LogP contribution in [0.25, 0.3) is 0 Å². The Morgan fingerprint density at radius 3 is 1.91 bits per heavy atom. The van der Waals surface area contributed by atoms with Gasteiger partial charge in [-0.25, -0.2) is 0 Å². The van der Waals surface area contributed by atoms with Crippen LogP contribution in [0.5, 0.6) is 0 Å². The highest BCUT2D eigenvalue weighted by Crippen LogP contribution is 2.28. The van der Waals surface area contributed by atoms with Crippen molar-refractivity contribution in [2.75, 3.05) is 31.1 Å². The van der Waals surface area contributed by atoms with Crippen LogP contribution in [-0.2, 0) is 6.54 Å². The molecule has 0 spiro atoms. The van der Waals surface area contributed by atoms with Gasteiger partial charge in [0.05, 0.1) is 20.1 Å². The molecule has 2 aromatic carbocycles. The van der Waals surface area contributed by atoms with Crippen LogP contribution in [0.4, 0.5) is 5.69 Å². The SMILES string of the molecule is Clc1ccc(CN2CCN(c3ccc(Cl)c(Cl)c3)CC2)cc1Cl. The van der Waals surface area contributed by atoms with Crippen LogP contribution in [-0.4, -0.2) is 31.1 Å². The number of nitrogens with zero attached hydrogens (tertiary/aromatic N) is 2. The number of rotatable bonds is 3. The maximum absolute atomic E-state index is 6.10. The summed E-state index contributed by atoms with van der Waals surface area (Å²) in [7, 11) is 0. The maximum Gasteiger partial charge on any atom is 0.0612 e. The molecule has 0 N–H and O–H groups in total. The smallest absolute Gasteiger partial charge is 0.0612 e. The van der Waals surface area contributed by atoms with Gasteiger partial charge < -0.3 is 4.90 Å². The molecule has 1 saturated heterocycles. The summed E-state index contributed by atoms with van der Waals surface area (Å²) in [5.74, 6) is 0. The highest BCUT2D eigenvalue weighted by Gasteiger charge is 2.18. The average Bonchev–Trinajstić information content (AvgIpc) is 2.54. The van der Waals surface area contributed by atoms with Crippen molar-refractivity contribution in [3.8, 4) is 0 Å². The largest absolute Gasteiger partial charge is 0.369 e. The van der Waals surface area contributed by atoms with Crippen molar-refractivity contribution in [2.45, 2.75) is 6.54 Å².